The van der Waals surface area contributed by atoms with Crippen molar-refractivity contribution in [3.63, 3.8) is 0 Å². The van der Waals surface area contributed by atoms with E-state index in [0.717, 1.165) is 25.0 Å². The first kappa shape index (κ1) is 16.5. The first-order valence-electron chi connectivity index (χ1n) is 7.89. The summed E-state index contributed by atoms with van der Waals surface area (Å²) in [6.45, 7) is 3.91. The maximum Gasteiger partial charge on any atom is 0.242 e. The van der Waals surface area contributed by atoms with Crippen LogP contribution in [0, 0.1) is 0 Å². The van der Waals surface area contributed by atoms with Crippen LogP contribution in [0.5, 0.6) is 0 Å². The number of amides is 2. The van der Waals surface area contributed by atoms with E-state index in [9.17, 15) is 9.59 Å². The highest BCUT2D eigenvalue weighted by Gasteiger charge is 2.20. The minimum atomic E-state index is -0.115. The Hall–Kier alpha value is -1.88. The Kier molecular flexibility index (Phi) is 6.40. The number of carbonyl (C=O) groups excluding carboxylic acids is 2. The molecule has 2 amide bonds. The normalized spacial score (nSPS) is 17.2. The van der Waals surface area contributed by atoms with Gasteiger partial charge in [0.05, 0.1) is 19.1 Å². The molecule has 0 aromatic heterocycles. The Morgan fingerprint density at radius 2 is 2.09 bits per heavy atom. The van der Waals surface area contributed by atoms with E-state index in [1.807, 2.05) is 37.3 Å². The van der Waals surface area contributed by atoms with Gasteiger partial charge in [0.2, 0.25) is 11.8 Å². The van der Waals surface area contributed by atoms with Crippen LogP contribution >= 0.6 is 0 Å². The molecule has 120 valence electrons. The van der Waals surface area contributed by atoms with Crippen LogP contribution in [-0.2, 0) is 20.9 Å². The maximum absolute atomic E-state index is 12.2. The van der Waals surface area contributed by atoms with Gasteiger partial charge in [0.25, 0.3) is 0 Å². The topological polar surface area (TPSA) is 58.6 Å². The van der Waals surface area contributed by atoms with E-state index in [1.54, 1.807) is 4.90 Å². The van der Waals surface area contributed by atoms with Crippen molar-refractivity contribution in [2.24, 2.45) is 0 Å². The van der Waals surface area contributed by atoms with Crippen molar-refractivity contribution in [3.05, 3.63) is 35.9 Å². The van der Waals surface area contributed by atoms with Gasteiger partial charge in [0, 0.05) is 19.7 Å². The first-order valence-corrected chi connectivity index (χ1v) is 7.89. The van der Waals surface area contributed by atoms with Crippen LogP contribution in [0.4, 0.5) is 0 Å². The summed E-state index contributed by atoms with van der Waals surface area (Å²) in [6, 6.07) is 9.85. The standard InChI is InChI=1S/C17H24N2O3/c1-2-19(13-14-7-4-3-5-8-14)17(21)12-18-16(20)11-15-9-6-10-22-15/h3-5,7-8,15H,2,6,9-13H2,1H3,(H,18,20)/t15-/m0/s1. The molecule has 1 heterocycles. The smallest absolute Gasteiger partial charge is 0.242 e. The molecule has 0 spiro atoms. The van der Waals surface area contributed by atoms with E-state index in [4.69, 9.17) is 4.74 Å². The fourth-order valence-electron chi connectivity index (χ4n) is 2.55. The number of carbonyl (C=O) groups is 2. The molecule has 5 nitrogen and oxygen atoms in total. The number of nitrogens with one attached hydrogen (secondary N) is 1. The molecule has 1 saturated heterocycles. The second-order valence-corrected chi connectivity index (χ2v) is 5.51. The van der Waals surface area contributed by atoms with Gasteiger partial charge < -0.3 is 15.0 Å². The number of hydrogen-bond acceptors (Lipinski definition) is 3. The Labute approximate surface area is 131 Å². The van der Waals surface area contributed by atoms with Crippen molar-refractivity contribution < 1.29 is 14.3 Å². The van der Waals surface area contributed by atoms with Gasteiger partial charge in [0.15, 0.2) is 0 Å². The van der Waals surface area contributed by atoms with Gasteiger partial charge in [-0.05, 0) is 25.3 Å². The molecule has 0 radical (unpaired) electrons. The molecule has 1 aliphatic heterocycles. The van der Waals surface area contributed by atoms with Crippen LogP contribution in [0.15, 0.2) is 30.3 Å². The lowest BCUT2D eigenvalue weighted by Gasteiger charge is -2.21. The first-order chi connectivity index (χ1) is 10.7. The van der Waals surface area contributed by atoms with Crippen LogP contribution in [0.25, 0.3) is 0 Å². The molecule has 0 unspecified atom stereocenters. The number of likely N-dealkylation sites (N-methyl/N-ethyl adjacent to an activating group) is 1. The van der Waals surface area contributed by atoms with Crippen LogP contribution in [0.3, 0.4) is 0 Å². The Morgan fingerprint density at radius 1 is 1.32 bits per heavy atom. The molecular formula is C17H24N2O3. The molecular weight excluding hydrogens is 280 g/mol. The van der Waals surface area contributed by atoms with E-state index < -0.39 is 0 Å². The average Bonchev–Trinajstić information content (AvgIpc) is 3.04. The van der Waals surface area contributed by atoms with E-state index >= 15 is 0 Å². The molecule has 1 atom stereocenters. The second-order valence-electron chi connectivity index (χ2n) is 5.51. The summed E-state index contributed by atoms with van der Waals surface area (Å²) in [6.07, 6.45) is 2.30. The summed E-state index contributed by atoms with van der Waals surface area (Å²) in [7, 11) is 0. The Morgan fingerprint density at radius 3 is 2.73 bits per heavy atom. The van der Waals surface area contributed by atoms with E-state index in [1.165, 1.54) is 0 Å². The summed E-state index contributed by atoms with van der Waals surface area (Å²) in [5, 5.41) is 2.70. The highest BCUT2D eigenvalue weighted by Crippen LogP contribution is 2.14. The highest BCUT2D eigenvalue weighted by molar-refractivity contribution is 5.84. The van der Waals surface area contributed by atoms with E-state index in [-0.39, 0.29) is 24.5 Å². The zero-order valence-corrected chi connectivity index (χ0v) is 13.1. The zero-order chi connectivity index (χ0) is 15.8. The quantitative estimate of drug-likeness (QED) is 0.834. The SMILES string of the molecule is CCN(Cc1ccccc1)C(=O)CNC(=O)C[C@@H]1CCCO1. The fraction of sp³-hybridized carbons (Fsp3) is 0.529. The minimum absolute atomic E-state index is 0.0155. The summed E-state index contributed by atoms with van der Waals surface area (Å²) in [5.41, 5.74) is 1.09. The molecule has 22 heavy (non-hydrogen) atoms. The molecule has 1 aromatic carbocycles. The molecule has 5 heteroatoms. The van der Waals surface area contributed by atoms with Crippen LogP contribution < -0.4 is 5.32 Å². The van der Waals surface area contributed by atoms with Crippen LogP contribution in [0.2, 0.25) is 0 Å². The third-order valence-electron chi connectivity index (χ3n) is 3.82. The number of hydrogen-bond donors (Lipinski definition) is 1. The molecule has 1 fully saturated rings. The monoisotopic (exact) mass is 304 g/mol. The van der Waals surface area contributed by atoms with Gasteiger partial charge >= 0.3 is 0 Å². The van der Waals surface area contributed by atoms with Crippen molar-refractivity contribution >= 4 is 11.8 Å². The third kappa shape index (κ3) is 5.15. The molecule has 2 rings (SSSR count). The lowest BCUT2D eigenvalue weighted by atomic mass is 10.2. The zero-order valence-electron chi connectivity index (χ0n) is 13.1. The van der Waals surface area contributed by atoms with Crippen molar-refractivity contribution in [1.29, 1.82) is 0 Å². The number of ether oxygens (including phenoxy) is 1. The summed E-state index contributed by atoms with van der Waals surface area (Å²) < 4.78 is 5.42. The van der Waals surface area contributed by atoms with Crippen LogP contribution in [0.1, 0.15) is 31.7 Å². The number of nitrogens with zero attached hydrogens (tertiary/aromatic N) is 1. The van der Waals surface area contributed by atoms with Gasteiger partial charge in [-0.3, -0.25) is 9.59 Å². The van der Waals surface area contributed by atoms with Crippen molar-refractivity contribution in [2.45, 2.75) is 38.8 Å². The summed E-state index contributed by atoms with van der Waals surface area (Å²) in [5.74, 6) is -0.178. The van der Waals surface area contributed by atoms with Crippen LogP contribution in [-0.4, -0.2) is 42.5 Å². The fourth-order valence-corrected chi connectivity index (χ4v) is 2.55. The van der Waals surface area contributed by atoms with Crippen molar-refractivity contribution in [1.82, 2.24) is 10.2 Å². The maximum atomic E-state index is 12.2. The van der Waals surface area contributed by atoms with Gasteiger partial charge in [-0.15, -0.1) is 0 Å². The van der Waals surface area contributed by atoms with E-state index in [2.05, 4.69) is 5.32 Å². The van der Waals surface area contributed by atoms with Gasteiger partial charge in [-0.25, -0.2) is 0 Å². The van der Waals surface area contributed by atoms with Gasteiger partial charge in [0.1, 0.15) is 0 Å². The molecule has 1 N–H and O–H groups in total. The predicted molar refractivity (Wildman–Crippen MR) is 84.1 cm³/mol. The Balaban J connectivity index is 1.75. The molecule has 1 aromatic rings. The molecule has 0 bridgehead atoms. The number of benzene rings is 1. The van der Waals surface area contributed by atoms with Gasteiger partial charge in [-0.2, -0.15) is 0 Å². The Bertz CT molecular complexity index is 484. The molecule has 0 aliphatic carbocycles. The molecule has 1 aliphatic rings. The largest absolute Gasteiger partial charge is 0.378 e. The summed E-state index contributed by atoms with van der Waals surface area (Å²) >= 11 is 0. The lowest BCUT2D eigenvalue weighted by molar-refractivity contribution is -0.133. The predicted octanol–water partition coefficient (Wildman–Crippen LogP) is 1.72. The highest BCUT2D eigenvalue weighted by atomic mass is 16.5. The summed E-state index contributed by atoms with van der Waals surface area (Å²) in [4.78, 5) is 25.7. The average molecular weight is 304 g/mol. The van der Waals surface area contributed by atoms with E-state index in [0.29, 0.717) is 19.5 Å². The molecule has 0 saturated carbocycles. The van der Waals surface area contributed by atoms with Gasteiger partial charge in [-0.1, -0.05) is 30.3 Å². The third-order valence-corrected chi connectivity index (χ3v) is 3.82. The minimum Gasteiger partial charge on any atom is -0.378 e. The second kappa shape index (κ2) is 8.54. The number of rotatable bonds is 7. The van der Waals surface area contributed by atoms with Crippen molar-refractivity contribution in [3.8, 4) is 0 Å². The van der Waals surface area contributed by atoms with Crippen molar-refractivity contribution in [2.75, 3.05) is 19.7 Å². The lowest BCUT2D eigenvalue weighted by Crippen LogP contribution is -2.40.